The number of likely N-dealkylation sites (N-methyl/N-ethyl adjacent to an activating group) is 1. The van der Waals surface area contributed by atoms with E-state index in [4.69, 9.17) is 0 Å². The first-order valence-electron chi connectivity index (χ1n) is 9.53. The predicted molar refractivity (Wildman–Crippen MR) is 112 cm³/mol. The van der Waals surface area contributed by atoms with Crippen LogP contribution in [0.4, 0.5) is 16.3 Å². The van der Waals surface area contributed by atoms with Gasteiger partial charge in [0.05, 0.1) is 0 Å². The molecule has 3 rings (SSSR count). The van der Waals surface area contributed by atoms with Gasteiger partial charge in [-0.05, 0) is 30.8 Å². The summed E-state index contributed by atoms with van der Waals surface area (Å²) in [6, 6.07) is 6.73. The molecule has 9 nitrogen and oxygen atoms in total. The molecule has 0 atom stereocenters. The Morgan fingerprint density at radius 2 is 1.86 bits per heavy atom. The van der Waals surface area contributed by atoms with Crippen molar-refractivity contribution >= 4 is 23.4 Å². The molecule has 29 heavy (non-hydrogen) atoms. The molecule has 2 aromatic heterocycles. The Bertz CT molecular complexity index is 846. The normalized spacial score (nSPS) is 14.4. The van der Waals surface area contributed by atoms with Gasteiger partial charge in [-0.15, -0.1) is 0 Å². The molecule has 9 heteroatoms. The number of anilines is 2. The van der Waals surface area contributed by atoms with Crippen molar-refractivity contribution in [2.45, 2.75) is 6.54 Å². The quantitative estimate of drug-likeness (QED) is 0.789. The second-order valence-electron chi connectivity index (χ2n) is 7.25. The lowest BCUT2D eigenvalue weighted by Gasteiger charge is -2.32. The SMILES string of the molecule is CN1CCN(C(=O)c2cc(NC(=O)NCc3ccc(N(C)C)nc3)ccn2)CC1. The van der Waals surface area contributed by atoms with E-state index >= 15 is 0 Å². The molecule has 0 unspecified atom stereocenters. The second-order valence-corrected chi connectivity index (χ2v) is 7.25. The van der Waals surface area contributed by atoms with Gasteiger partial charge in [0.25, 0.3) is 5.91 Å². The van der Waals surface area contributed by atoms with Gasteiger partial charge in [0.15, 0.2) is 0 Å². The fourth-order valence-electron chi connectivity index (χ4n) is 2.94. The number of rotatable bonds is 5. The number of aromatic nitrogens is 2. The summed E-state index contributed by atoms with van der Waals surface area (Å²) >= 11 is 0. The molecule has 2 N–H and O–H groups in total. The predicted octanol–water partition coefficient (Wildman–Crippen LogP) is 1.25. The van der Waals surface area contributed by atoms with E-state index < -0.39 is 0 Å². The van der Waals surface area contributed by atoms with Crippen LogP contribution in [0.3, 0.4) is 0 Å². The van der Waals surface area contributed by atoms with Crippen molar-refractivity contribution in [3.63, 3.8) is 0 Å². The van der Waals surface area contributed by atoms with Crippen molar-refractivity contribution in [3.05, 3.63) is 47.9 Å². The number of hydrogen-bond donors (Lipinski definition) is 2. The van der Waals surface area contributed by atoms with Gasteiger partial charge in [-0.1, -0.05) is 6.07 Å². The molecule has 0 radical (unpaired) electrons. The highest BCUT2D eigenvalue weighted by atomic mass is 16.2. The van der Waals surface area contributed by atoms with Crippen LogP contribution in [0.5, 0.6) is 0 Å². The van der Waals surface area contributed by atoms with Crippen LogP contribution in [0.2, 0.25) is 0 Å². The minimum absolute atomic E-state index is 0.116. The lowest BCUT2D eigenvalue weighted by atomic mass is 10.2. The van der Waals surface area contributed by atoms with Crippen molar-refractivity contribution in [2.75, 3.05) is 57.5 Å². The third kappa shape index (κ3) is 5.64. The van der Waals surface area contributed by atoms with E-state index in [9.17, 15) is 9.59 Å². The van der Waals surface area contributed by atoms with E-state index in [1.54, 1.807) is 23.2 Å². The number of amides is 3. The van der Waals surface area contributed by atoms with Crippen molar-refractivity contribution in [1.82, 2.24) is 25.1 Å². The molecule has 3 heterocycles. The van der Waals surface area contributed by atoms with Crippen LogP contribution in [-0.4, -0.2) is 79.0 Å². The molecule has 1 aliphatic heterocycles. The highest BCUT2D eigenvalue weighted by Gasteiger charge is 2.21. The minimum Gasteiger partial charge on any atom is -0.363 e. The number of pyridine rings is 2. The first kappa shape index (κ1) is 20.5. The molecular formula is C20H27N7O2. The molecule has 2 aromatic rings. The van der Waals surface area contributed by atoms with E-state index in [1.165, 1.54) is 6.20 Å². The van der Waals surface area contributed by atoms with Crippen LogP contribution in [0, 0.1) is 0 Å². The Labute approximate surface area is 170 Å². The van der Waals surface area contributed by atoms with Gasteiger partial charge in [-0.2, -0.15) is 0 Å². The van der Waals surface area contributed by atoms with Gasteiger partial charge >= 0.3 is 6.03 Å². The van der Waals surface area contributed by atoms with E-state index in [0.29, 0.717) is 31.0 Å². The summed E-state index contributed by atoms with van der Waals surface area (Å²) in [5.74, 6) is 0.738. The molecule has 154 valence electrons. The molecule has 1 fully saturated rings. The van der Waals surface area contributed by atoms with Gasteiger partial charge in [0.1, 0.15) is 11.5 Å². The van der Waals surface area contributed by atoms with Crippen LogP contribution in [0.1, 0.15) is 16.1 Å². The minimum atomic E-state index is -0.356. The fraction of sp³-hybridized carbons (Fsp3) is 0.400. The highest BCUT2D eigenvalue weighted by Crippen LogP contribution is 2.12. The number of hydrogen-bond acceptors (Lipinski definition) is 6. The Morgan fingerprint density at radius 3 is 2.52 bits per heavy atom. The lowest BCUT2D eigenvalue weighted by Crippen LogP contribution is -2.47. The van der Waals surface area contributed by atoms with Gasteiger partial charge in [-0.3, -0.25) is 9.78 Å². The van der Waals surface area contributed by atoms with Crippen LogP contribution < -0.4 is 15.5 Å². The largest absolute Gasteiger partial charge is 0.363 e. The molecule has 0 bridgehead atoms. The molecule has 0 spiro atoms. The summed E-state index contributed by atoms with van der Waals surface area (Å²) < 4.78 is 0. The smallest absolute Gasteiger partial charge is 0.319 e. The van der Waals surface area contributed by atoms with E-state index in [1.807, 2.05) is 38.2 Å². The van der Waals surface area contributed by atoms with Crippen LogP contribution in [0.25, 0.3) is 0 Å². The maximum Gasteiger partial charge on any atom is 0.319 e. The standard InChI is InChI=1S/C20H27N7O2/c1-25(2)18-5-4-15(13-22-18)14-23-20(29)24-16-6-7-21-17(12-16)19(28)27-10-8-26(3)9-11-27/h4-7,12-13H,8-11,14H2,1-3H3,(H2,21,23,24,29). The summed E-state index contributed by atoms with van der Waals surface area (Å²) in [6.45, 7) is 3.39. The topological polar surface area (TPSA) is 93.7 Å². The van der Waals surface area contributed by atoms with E-state index in [2.05, 4.69) is 25.5 Å². The van der Waals surface area contributed by atoms with Crippen molar-refractivity contribution < 1.29 is 9.59 Å². The lowest BCUT2D eigenvalue weighted by molar-refractivity contribution is 0.0658. The number of carbonyl (C=O) groups is 2. The molecule has 0 aromatic carbocycles. The zero-order valence-electron chi connectivity index (χ0n) is 17.1. The third-order valence-corrected chi connectivity index (χ3v) is 4.75. The van der Waals surface area contributed by atoms with Crippen molar-refractivity contribution in [2.24, 2.45) is 0 Å². The summed E-state index contributed by atoms with van der Waals surface area (Å²) in [5.41, 5.74) is 1.75. The fourth-order valence-corrected chi connectivity index (χ4v) is 2.94. The maximum atomic E-state index is 12.6. The monoisotopic (exact) mass is 397 g/mol. The second kappa shape index (κ2) is 9.33. The molecular weight excluding hydrogens is 370 g/mol. The number of carbonyl (C=O) groups excluding carboxylic acids is 2. The maximum absolute atomic E-state index is 12.6. The average molecular weight is 397 g/mol. The van der Waals surface area contributed by atoms with Gasteiger partial charge < -0.3 is 25.3 Å². The zero-order chi connectivity index (χ0) is 20.8. The van der Waals surface area contributed by atoms with Gasteiger partial charge in [0.2, 0.25) is 0 Å². The Kier molecular flexibility index (Phi) is 6.61. The van der Waals surface area contributed by atoms with Crippen LogP contribution >= 0.6 is 0 Å². The average Bonchev–Trinajstić information content (AvgIpc) is 2.73. The van der Waals surface area contributed by atoms with E-state index in [-0.39, 0.29) is 11.9 Å². The molecule has 3 amide bonds. The molecule has 1 aliphatic rings. The number of nitrogens with zero attached hydrogens (tertiary/aromatic N) is 5. The van der Waals surface area contributed by atoms with Crippen LogP contribution in [0.15, 0.2) is 36.7 Å². The van der Waals surface area contributed by atoms with E-state index in [0.717, 1.165) is 24.5 Å². The number of piperazine rings is 1. The van der Waals surface area contributed by atoms with Crippen molar-refractivity contribution in [1.29, 1.82) is 0 Å². The summed E-state index contributed by atoms with van der Waals surface area (Å²) in [6.07, 6.45) is 3.26. The Morgan fingerprint density at radius 1 is 1.10 bits per heavy atom. The van der Waals surface area contributed by atoms with Gasteiger partial charge in [0, 0.05) is 64.9 Å². The van der Waals surface area contributed by atoms with Crippen molar-refractivity contribution in [3.8, 4) is 0 Å². The Hall–Kier alpha value is -3.20. The van der Waals surface area contributed by atoms with Crippen LogP contribution in [-0.2, 0) is 6.54 Å². The summed E-state index contributed by atoms with van der Waals surface area (Å²) in [4.78, 5) is 39.2. The summed E-state index contributed by atoms with van der Waals surface area (Å²) in [5, 5.41) is 5.54. The molecule has 1 saturated heterocycles. The first-order valence-corrected chi connectivity index (χ1v) is 9.53. The Balaban J connectivity index is 1.54. The van der Waals surface area contributed by atoms with Gasteiger partial charge in [-0.25, -0.2) is 9.78 Å². The molecule has 0 aliphatic carbocycles. The molecule has 0 saturated carbocycles. The third-order valence-electron chi connectivity index (χ3n) is 4.75. The number of nitrogens with one attached hydrogen (secondary N) is 2. The zero-order valence-corrected chi connectivity index (χ0v) is 17.1. The number of urea groups is 1. The summed E-state index contributed by atoms with van der Waals surface area (Å²) in [7, 11) is 5.88. The first-order chi connectivity index (χ1) is 13.9. The highest BCUT2D eigenvalue weighted by molar-refractivity contribution is 5.95.